The predicted octanol–water partition coefficient (Wildman–Crippen LogP) is 13.2. The second-order valence-corrected chi connectivity index (χ2v) is 14.9. The van der Waals surface area contributed by atoms with Crippen molar-refractivity contribution in [2.75, 3.05) is 0 Å². The van der Waals surface area contributed by atoms with Crippen molar-refractivity contribution in [3.05, 3.63) is 152 Å². The quantitative estimate of drug-likeness (QED) is 0.185. The van der Waals surface area contributed by atoms with Gasteiger partial charge in [0.25, 0.3) is 0 Å². The van der Waals surface area contributed by atoms with Crippen LogP contribution in [-0.2, 0) is 0 Å². The summed E-state index contributed by atoms with van der Waals surface area (Å²) in [5.74, 6) is 1.89. The highest BCUT2D eigenvalue weighted by Crippen LogP contribution is 2.43. The summed E-state index contributed by atoms with van der Waals surface area (Å²) in [6.07, 6.45) is 0. The number of para-hydroxylation sites is 1. The van der Waals surface area contributed by atoms with E-state index in [4.69, 9.17) is 19.4 Å². The lowest BCUT2D eigenvalue weighted by atomic mass is 10.0. The van der Waals surface area contributed by atoms with Crippen molar-refractivity contribution in [1.29, 1.82) is 0 Å². The third kappa shape index (κ3) is 4.54. The molecule has 7 aromatic carbocycles. The Kier molecular flexibility index (Phi) is 6.26. The number of rotatable bonds is 4. The molecule has 0 aliphatic carbocycles. The summed E-state index contributed by atoms with van der Waals surface area (Å²) < 4.78 is 11.4. The van der Waals surface area contributed by atoms with E-state index in [0.29, 0.717) is 17.5 Å². The Morgan fingerprint density at radius 2 is 1.04 bits per heavy atom. The summed E-state index contributed by atoms with van der Waals surface area (Å²) in [6, 6.07) is 53.2. The van der Waals surface area contributed by atoms with Crippen molar-refractivity contribution in [1.82, 2.24) is 15.0 Å². The lowest BCUT2D eigenvalue weighted by Crippen LogP contribution is -2.00. The van der Waals surface area contributed by atoms with Gasteiger partial charge in [-0.25, -0.2) is 15.0 Å². The number of hydrogen-bond acceptors (Lipinski definition) is 6. The molecule has 0 saturated heterocycles. The largest absolute Gasteiger partial charge is 0.456 e. The summed E-state index contributed by atoms with van der Waals surface area (Å²) in [4.78, 5) is 15.3. The molecule has 11 aromatic rings. The van der Waals surface area contributed by atoms with E-state index in [0.717, 1.165) is 38.6 Å². The molecule has 0 unspecified atom stereocenters. The highest BCUT2D eigenvalue weighted by Gasteiger charge is 2.19. The summed E-state index contributed by atoms with van der Waals surface area (Å²) in [5, 5.41) is 7.12. The minimum Gasteiger partial charge on any atom is -0.456 e. The van der Waals surface area contributed by atoms with Gasteiger partial charge in [-0.05, 0) is 53.6 Å². The Hall–Kier alpha value is -6.21. The normalized spacial score (nSPS) is 11.9. The molecule has 0 aliphatic heterocycles. The molecule has 6 heteroatoms. The molecule has 0 spiro atoms. The van der Waals surface area contributed by atoms with Crippen molar-refractivity contribution in [3.8, 4) is 45.3 Å². The molecule has 0 radical (unpaired) electrons. The minimum atomic E-state index is 0.617. The minimum absolute atomic E-state index is 0.617. The van der Waals surface area contributed by atoms with Gasteiger partial charge in [-0.2, -0.15) is 0 Å². The van der Waals surface area contributed by atoms with Crippen LogP contribution in [0.5, 0.6) is 0 Å². The lowest BCUT2D eigenvalue weighted by Gasteiger charge is -2.09. The van der Waals surface area contributed by atoms with Gasteiger partial charge in [0.2, 0.25) is 0 Å². The smallest absolute Gasteiger partial charge is 0.164 e. The molecule has 0 fully saturated rings. The van der Waals surface area contributed by atoms with E-state index < -0.39 is 0 Å². The number of benzene rings is 7. The SMILES string of the molecule is c1ccc(-c2nc(-c3ccc4sc5cc(-c6cccc7c6sc6ccccc67)ccc5c4c3)nc(-c3cccc4oc5ccccc5c34)n2)cc1. The van der Waals surface area contributed by atoms with Crippen molar-refractivity contribution in [2.24, 2.45) is 0 Å². The van der Waals surface area contributed by atoms with Crippen molar-refractivity contribution < 1.29 is 4.42 Å². The number of fused-ring (bicyclic) bond motifs is 9. The third-order valence-corrected chi connectivity index (χ3v) is 12.1. The van der Waals surface area contributed by atoms with E-state index in [1.54, 1.807) is 0 Å². The van der Waals surface area contributed by atoms with Crippen LogP contribution in [0.15, 0.2) is 156 Å². The topological polar surface area (TPSA) is 51.8 Å². The van der Waals surface area contributed by atoms with Crippen LogP contribution in [0.1, 0.15) is 0 Å². The second kappa shape index (κ2) is 11.2. The first-order valence-electron chi connectivity index (χ1n) is 16.8. The van der Waals surface area contributed by atoms with E-state index in [1.807, 2.05) is 83.3 Å². The maximum Gasteiger partial charge on any atom is 0.164 e. The first kappa shape index (κ1) is 28.6. The third-order valence-electron chi connectivity index (χ3n) is 9.76. The molecule has 0 atom stereocenters. The second-order valence-electron chi connectivity index (χ2n) is 12.8. The number of hydrogen-bond donors (Lipinski definition) is 0. The summed E-state index contributed by atoms with van der Waals surface area (Å²) >= 11 is 3.70. The van der Waals surface area contributed by atoms with Crippen molar-refractivity contribution in [2.45, 2.75) is 0 Å². The maximum absolute atomic E-state index is 6.23. The summed E-state index contributed by atoms with van der Waals surface area (Å²) in [6.45, 7) is 0. The molecular formula is C45H25N3OS2. The first-order valence-corrected chi connectivity index (χ1v) is 18.5. The molecule has 4 aromatic heterocycles. The molecule has 0 amide bonds. The Labute approximate surface area is 299 Å². The highest BCUT2D eigenvalue weighted by atomic mass is 32.1. The zero-order valence-corrected chi connectivity index (χ0v) is 28.6. The lowest BCUT2D eigenvalue weighted by molar-refractivity contribution is 0.669. The Morgan fingerprint density at radius 1 is 0.373 bits per heavy atom. The van der Waals surface area contributed by atoms with Gasteiger partial charge in [-0.3, -0.25) is 0 Å². The van der Waals surface area contributed by atoms with Gasteiger partial charge in [-0.15, -0.1) is 22.7 Å². The van der Waals surface area contributed by atoms with Crippen LogP contribution in [0.25, 0.3) is 108 Å². The van der Waals surface area contributed by atoms with E-state index in [2.05, 4.69) is 91.0 Å². The van der Waals surface area contributed by atoms with Crippen LogP contribution >= 0.6 is 22.7 Å². The van der Waals surface area contributed by atoms with Gasteiger partial charge in [0, 0.05) is 67.8 Å². The van der Waals surface area contributed by atoms with E-state index in [9.17, 15) is 0 Å². The first-order chi connectivity index (χ1) is 25.2. The van der Waals surface area contributed by atoms with Gasteiger partial charge in [0.15, 0.2) is 17.5 Å². The van der Waals surface area contributed by atoms with Crippen LogP contribution in [-0.4, -0.2) is 15.0 Å². The Morgan fingerprint density at radius 3 is 1.96 bits per heavy atom. The predicted molar refractivity (Wildman–Crippen MR) is 215 cm³/mol. The molecule has 0 aliphatic rings. The maximum atomic E-state index is 6.23. The van der Waals surface area contributed by atoms with Crippen LogP contribution in [0, 0.1) is 0 Å². The van der Waals surface area contributed by atoms with E-state index in [1.165, 1.54) is 51.5 Å². The van der Waals surface area contributed by atoms with Gasteiger partial charge in [0.1, 0.15) is 11.2 Å². The van der Waals surface area contributed by atoms with Crippen LogP contribution in [0.4, 0.5) is 0 Å². The molecule has 4 nitrogen and oxygen atoms in total. The number of nitrogens with zero attached hydrogens (tertiary/aromatic N) is 3. The highest BCUT2D eigenvalue weighted by molar-refractivity contribution is 7.26. The van der Waals surface area contributed by atoms with E-state index in [-0.39, 0.29) is 0 Å². The molecule has 238 valence electrons. The molecule has 51 heavy (non-hydrogen) atoms. The fourth-order valence-corrected chi connectivity index (χ4v) is 9.73. The van der Waals surface area contributed by atoms with E-state index >= 15 is 0 Å². The van der Waals surface area contributed by atoms with Crippen molar-refractivity contribution in [3.63, 3.8) is 0 Å². The van der Waals surface area contributed by atoms with Gasteiger partial charge in [0.05, 0.1) is 0 Å². The van der Waals surface area contributed by atoms with Crippen molar-refractivity contribution >= 4 is 85.0 Å². The molecule has 0 bridgehead atoms. The van der Waals surface area contributed by atoms with Gasteiger partial charge in [-0.1, -0.05) is 109 Å². The average molecular weight is 688 g/mol. The number of thiophene rings is 2. The Balaban J connectivity index is 1.07. The fraction of sp³-hybridized carbons (Fsp3) is 0. The zero-order chi connectivity index (χ0) is 33.5. The van der Waals surface area contributed by atoms with Gasteiger partial charge < -0.3 is 4.42 Å². The monoisotopic (exact) mass is 687 g/mol. The molecule has 0 saturated carbocycles. The summed E-state index contributed by atoms with van der Waals surface area (Å²) in [5.41, 5.74) is 6.98. The Bertz CT molecular complexity index is 3160. The fourth-order valence-electron chi connectivity index (χ4n) is 7.36. The van der Waals surface area contributed by atoms with Crippen LogP contribution < -0.4 is 0 Å². The van der Waals surface area contributed by atoms with Crippen LogP contribution in [0.2, 0.25) is 0 Å². The molecule has 4 heterocycles. The average Bonchev–Trinajstić information content (AvgIpc) is 3.88. The molecular weight excluding hydrogens is 663 g/mol. The number of aromatic nitrogens is 3. The summed E-state index contributed by atoms with van der Waals surface area (Å²) in [7, 11) is 0. The van der Waals surface area contributed by atoms with Gasteiger partial charge >= 0.3 is 0 Å². The standard InChI is InChI=1S/C45H25N3OS2/c1-2-10-26(11-3-1)43-46-44(48-45(47-43)34-16-9-18-37-41(34)33-13-4-6-17-36(33)49-37)28-21-23-39-35(24-28)31-22-20-27(25-40(31)50-39)29-14-8-15-32-30-12-5-7-19-38(30)51-42(29)32/h1-25H. The number of furan rings is 1. The molecule has 11 rings (SSSR count). The van der Waals surface area contributed by atoms with Crippen LogP contribution in [0.3, 0.4) is 0 Å². The zero-order valence-electron chi connectivity index (χ0n) is 27.0. The molecule has 0 N–H and O–H groups in total.